The van der Waals surface area contributed by atoms with Gasteiger partial charge in [-0.05, 0) is 30.7 Å². The quantitative estimate of drug-likeness (QED) is 0.844. The number of halogens is 1. The number of likely N-dealkylation sites (tertiary alicyclic amines) is 1. The van der Waals surface area contributed by atoms with Crippen LogP contribution in [0.5, 0.6) is 11.5 Å². The van der Waals surface area contributed by atoms with Crippen molar-refractivity contribution in [2.45, 2.75) is 12.5 Å². The van der Waals surface area contributed by atoms with E-state index in [0.29, 0.717) is 11.8 Å². The van der Waals surface area contributed by atoms with E-state index in [-0.39, 0.29) is 30.7 Å². The molecule has 0 bridgehead atoms. The number of aromatic hydroxyl groups is 1. The molecule has 2 N–H and O–H groups in total. The molecule has 2 aliphatic heterocycles. The number of hydrogen-bond acceptors (Lipinski definition) is 5. The monoisotopic (exact) mass is 341 g/mol. The summed E-state index contributed by atoms with van der Waals surface area (Å²) in [5.41, 5.74) is 0. The fourth-order valence-corrected chi connectivity index (χ4v) is 3.09. The summed E-state index contributed by atoms with van der Waals surface area (Å²) in [5, 5.41) is 12.6. The topological polar surface area (TPSA) is 65.0 Å². The highest BCUT2D eigenvalue weighted by atomic mass is 35.5. The third-order valence-corrected chi connectivity index (χ3v) is 4.38. The van der Waals surface area contributed by atoms with Gasteiger partial charge in [0.05, 0.1) is 0 Å². The number of phenols is 1. The Bertz CT molecular complexity index is 506. The number of nitrogens with zero attached hydrogens (tertiary/aromatic N) is 2. The average molecular weight is 342 g/mol. The SMILES string of the molecule is Cl.O=C(COc1ccc(O)cc1)N1CCC(N2CCNCC2)C1. The summed E-state index contributed by atoms with van der Waals surface area (Å²) < 4.78 is 5.49. The van der Waals surface area contributed by atoms with Crippen LogP contribution in [0, 0.1) is 0 Å². The van der Waals surface area contributed by atoms with Gasteiger partial charge in [0.2, 0.25) is 0 Å². The molecule has 7 heteroatoms. The second-order valence-corrected chi connectivity index (χ2v) is 5.85. The van der Waals surface area contributed by atoms with E-state index >= 15 is 0 Å². The van der Waals surface area contributed by atoms with Crippen LogP contribution in [0.2, 0.25) is 0 Å². The van der Waals surface area contributed by atoms with Gasteiger partial charge in [0.1, 0.15) is 11.5 Å². The largest absolute Gasteiger partial charge is 0.508 e. The van der Waals surface area contributed by atoms with Gasteiger partial charge in [-0.15, -0.1) is 12.4 Å². The van der Waals surface area contributed by atoms with Gasteiger partial charge in [0, 0.05) is 45.3 Å². The van der Waals surface area contributed by atoms with Crippen molar-refractivity contribution in [2.75, 3.05) is 45.9 Å². The van der Waals surface area contributed by atoms with Crippen molar-refractivity contribution in [2.24, 2.45) is 0 Å². The summed E-state index contributed by atoms with van der Waals surface area (Å²) in [6, 6.07) is 6.91. The Labute approximate surface area is 142 Å². The van der Waals surface area contributed by atoms with E-state index in [0.717, 1.165) is 45.7 Å². The molecular formula is C16H24ClN3O3. The van der Waals surface area contributed by atoms with Crippen LogP contribution >= 0.6 is 12.4 Å². The third-order valence-electron chi connectivity index (χ3n) is 4.38. The first-order valence-electron chi connectivity index (χ1n) is 7.87. The Morgan fingerprint density at radius 2 is 1.91 bits per heavy atom. The number of carbonyl (C=O) groups excluding carboxylic acids is 1. The number of hydrogen-bond donors (Lipinski definition) is 2. The maximum Gasteiger partial charge on any atom is 0.260 e. The number of ether oxygens (including phenoxy) is 1. The van der Waals surface area contributed by atoms with Crippen LogP contribution in [-0.2, 0) is 4.79 Å². The number of rotatable bonds is 4. The van der Waals surface area contributed by atoms with E-state index in [1.165, 1.54) is 0 Å². The molecule has 2 saturated heterocycles. The highest BCUT2D eigenvalue weighted by Gasteiger charge is 2.30. The standard InChI is InChI=1S/C16H23N3O3.ClH/c20-14-1-3-15(4-2-14)22-12-16(21)19-8-5-13(11-19)18-9-6-17-7-10-18;/h1-4,13,17,20H,5-12H2;1H. The van der Waals surface area contributed by atoms with Crippen molar-refractivity contribution in [1.82, 2.24) is 15.1 Å². The molecule has 1 amide bonds. The van der Waals surface area contributed by atoms with Crippen LogP contribution in [0.1, 0.15) is 6.42 Å². The Morgan fingerprint density at radius 3 is 2.61 bits per heavy atom. The Balaban J connectivity index is 0.00000192. The lowest BCUT2D eigenvalue weighted by molar-refractivity contribution is -0.132. The number of benzene rings is 1. The lowest BCUT2D eigenvalue weighted by Crippen LogP contribution is -2.49. The van der Waals surface area contributed by atoms with Gasteiger partial charge in [-0.25, -0.2) is 0 Å². The summed E-state index contributed by atoms with van der Waals surface area (Å²) in [7, 11) is 0. The Hall–Kier alpha value is -1.50. The van der Waals surface area contributed by atoms with Gasteiger partial charge < -0.3 is 20.1 Å². The normalized spacial score (nSPS) is 21.7. The van der Waals surface area contributed by atoms with E-state index in [9.17, 15) is 9.90 Å². The molecule has 1 aromatic rings. The maximum atomic E-state index is 12.2. The molecule has 0 aromatic heterocycles. The molecule has 6 nitrogen and oxygen atoms in total. The summed E-state index contributed by atoms with van der Waals surface area (Å²) >= 11 is 0. The zero-order valence-electron chi connectivity index (χ0n) is 13.1. The number of piperazine rings is 1. The predicted octanol–water partition coefficient (Wildman–Crippen LogP) is 0.699. The minimum atomic E-state index is 0. The van der Waals surface area contributed by atoms with Gasteiger partial charge in [-0.1, -0.05) is 0 Å². The predicted molar refractivity (Wildman–Crippen MR) is 90.3 cm³/mol. The van der Waals surface area contributed by atoms with Crippen LogP contribution in [-0.4, -0.2) is 72.7 Å². The zero-order chi connectivity index (χ0) is 15.4. The van der Waals surface area contributed by atoms with Crippen molar-refractivity contribution in [3.63, 3.8) is 0 Å². The molecule has 0 radical (unpaired) electrons. The van der Waals surface area contributed by atoms with E-state index in [1.54, 1.807) is 24.3 Å². The molecule has 128 valence electrons. The third kappa shape index (κ3) is 4.73. The summed E-state index contributed by atoms with van der Waals surface area (Å²) in [6.45, 7) is 5.87. The average Bonchev–Trinajstić information content (AvgIpc) is 3.05. The van der Waals surface area contributed by atoms with Crippen LogP contribution < -0.4 is 10.1 Å². The van der Waals surface area contributed by atoms with E-state index in [1.807, 2.05) is 4.90 Å². The van der Waals surface area contributed by atoms with Crippen LogP contribution in [0.4, 0.5) is 0 Å². The Morgan fingerprint density at radius 1 is 1.22 bits per heavy atom. The van der Waals surface area contributed by atoms with Gasteiger partial charge in [-0.3, -0.25) is 9.69 Å². The number of amides is 1. The van der Waals surface area contributed by atoms with Gasteiger partial charge in [-0.2, -0.15) is 0 Å². The second kappa shape index (κ2) is 8.38. The minimum absolute atomic E-state index is 0. The summed E-state index contributed by atoms with van der Waals surface area (Å²) in [5.74, 6) is 0.826. The first kappa shape index (κ1) is 17.8. The molecule has 0 aliphatic carbocycles. The molecule has 2 fully saturated rings. The molecule has 0 saturated carbocycles. The molecule has 1 aromatic carbocycles. The van der Waals surface area contributed by atoms with Crippen LogP contribution in [0.3, 0.4) is 0 Å². The van der Waals surface area contributed by atoms with Gasteiger partial charge in [0.15, 0.2) is 6.61 Å². The molecule has 0 spiro atoms. The molecule has 3 rings (SSSR count). The Kier molecular flexibility index (Phi) is 6.50. The summed E-state index contributed by atoms with van der Waals surface area (Å²) in [4.78, 5) is 16.6. The van der Waals surface area contributed by atoms with E-state index < -0.39 is 0 Å². The highest BCUT2D eigenvalue weighted by molar-refractivity contribution is 5.85. The van der Waals surface area contributed by atoms with Crippen molar-refractivity contribution >= 4 is 18.3 Å². The maximum absolute atomic E-state index is 12.2. The fraction of sp³-hybridized carbons (Fsp3) is 0.562. The molecule has 2 heterocycles. The first-order chi connectivity index (χ1) is 10.7. The van der Waals surface area contributed by atoms with Gasteiger partial charge in [0.25, 0.3) is 5.91 Å². The molecular weight excluding hydrogens is 318 g/mol. The minimum Gasteiger partial charge on any atom is -0.508 e. The molecule has 1 unspecified atom stereocenters. The lowest BCUT2D eigenvalue weighted by atomic mass is 10.2. The van der Waals surface area contributed by atoms with Crippen molar-refractivity contribution in [3.05, 3.63) is 24.3 Å². The molecule has 2 aliphatic rings. The van der Waals surface area contributed by atoms with E-state index in [2.05, 4.69) is 10.2 Å². The molecule has 1 atom stereocenters. The van der Waals surface area contributed by atoms with Crippen molar-refractivity contribution in [3.8, 4) is 11.5 Å². The fourth-order valence-electron chi connectivity index (χ4n) is 3.09. The summed E-state index contributed by atoms with van der Waals surface area (Å²) in [6.07, 6.45) is 1.05. The number of phenolic OH excluding ortho intramolecular Hbond substituents is 1. The van der Waals surface area contributed by atoms with Crippen LogP contribution in [0.15, 0.2) is 24.3 Å². The smallest absolute Gasteiger partial charge is 0.260 e. The van der Waals surface area contributed by atoms with Crippen molar-refractivity contribution < 1.29 is 14.6 Å². The zero-order valence-corrected chi connectivity index (χ0v) is 13.9. The molecule has 23 heavy (non-hydrogen) atoms. The number of carbonyl (C=O) groups is 1. The van der Waals surface area contributed by atoms with Crippen molar-refractivity contribution in [1.29, 1.82) is 0 Å². The van der Waals surface area contributed by atoms with Gasteiger partial charge >= 0.3 is 0 Å². The second-order valence-electron chi connectivity index (χ2n) is 5.85. The first-order valence-corrected chi connectivity index (χ1v) is 7.87. The van der Waals surface area contributed by atoms with Crippen LogP contribution in [0.25, 0.3) is 0 Å². The highest BCUT2D eigenvalue weighted by Crippen LogP contribution is 2.18. The van der Waals surface area contributed by atoms with E-state index in [4.69, 9.17) is 4.74 Å². The number of nitrogens with one attached hydrogen (secondary N) is 1. The lowest BCUT2D eigenvalue weighted by Gasteiger charge is -2.32.